The molecular formula is C23H25ClN6O. The molecule has 3 aromatic rings. The summed E-state index contributed by atoms with van der Waals surface area (Å²) in [6, 6.07) is 3.92. The predicted molar refractivity (Wildman–Crippen MR) is 121 cm³/mol. The van der Waals surface area contributed by atoms with Crippen LogP contribution >= 0.6 is 11.6 Å². The fourth-order valence-corrected chi connectivity index (χ4v) is 4.32. The summed E-state index contributed by atoms with van der Waals surface area (Å²) in [6.07, 6.45) is 11.3. The Hall–Kier alpha value is -2.98. The summed E-state index contributed by atoms with van der Waals surface area (Å²) in [4.78, 5) is 29.2. The topological polar surface area (TPSA) is 107 Å². The van der Waals surface area contributed by atoms with Gasteiger partial charge in [-0.3, -0.25) is 4.79 Å². The zero-order valence-electron chi connectivity index (χ0n) is 17.7. The van der Waals surface area contributed by atoms with Crippen LogP contribution in [0.5, 0.6) is 0 Å². The van der Waals surface area contributed by atoms with E-state index >= 15 is 0 Å². The van der Waals surface area contributed by atoms with Crippen LogP contribution in [-0.2, 0) is 4.79 Å². The summed E-state index contributed by atoms with van der Waals surface area (Å²) in [6.45, 7) is 3.71. The van der Waals surface area contributed by atoms with Gasteiger partial charge in [0.25, 0.3) is 0 Å². The Labute approximate surface area is 186 Å². The first-order chi connectivity index (χ1) is 14.9. The Kier molecular flexibility index (Phi) is 5.92. The molecular weight excluding hydrogens is 412 g/mol. The minimum absolute atomic E-state index is 0.150. The fraction of sp³-hybridized carbons (Fsp3) is 0.435. The van der Waals surface area contributed by atoms with Crippen molar-refractivity contribution < 1.29 is 4.79 Å². The monoisotopic (exact) mass is 436 g/mol. The van der Waals surface area contributed by atoms with Crippen LogP contribution in [-0.4, -0.2) is 31.3 Å². The van der Waals surface area contributed by atoms with Gasteiger partial charge in [0.15, 0.2) is 5.78 Å². The fourth-order valence-electron chi connectivity index (χ4n) is 4.16. The number of nitrogens with zero attached hydrogens (tertiary/aromatic N) is 4. The number of hydrogen-bond donors (Lipinski definition) is 2. The molecule has 8 heteroatoms. The third kappa shape index (κ3) is 4.54. The normalized spacial score (nSPS) is 15.0. The number of halogens is 1. The average molecular weight is 437 g/mol. The maximum Gasteiger partial charge on any atom is 0.224 e. The molecule has 0 radical (unpaired) electrons. The van der Waals surface area contributed by atoms with Crippen LogP contribution in [0.15, 0.2) is 24.7 Å². The molecule has 31 heavy (non-hydrogen) atoms. The summed E-state index contributed by atoms with van der Waals surface area (Å²) in [7, 11) is 0. The summed E-state index contributed by atoms with van der Waals surface area (Å²) in [5, 5.41) is 14.0. The first-order valence-electron chi connectivity index (χ1n) is 10.6. The van der Waals surface area contributed by atoms with Crippen LogP contribution in [0.2, 0.25) is 5.02 Å². The van der Waals surface area contributed by atoms with Gasteiger partial charge in [0.1, 0.15) is 11.7 Å². The third-order valence-corrected chi connectivity index (χ3v) is 6.19. The number of rotatable bonds is 6. The highest BCUT2D eigenvalue weighted by Crippen LogP contribution is 2.32. The van der Waals surface area contributed by atoms with E-state index in [-0.39, 0.29) is 5.78 Å². The quantitative estimate of drug-likeness (QED) is 0.544. The van der Waals surface area contributed by atoms with Crippen molar-refractivity contribution in [3.05, 3.63) is 35.2 Å². The zero-order chi connectivity index (χ0) is 22.0. The predicted octanol–water partition coefficient (Wildman–Crippen LogP) is 5.27. The summed E-state index contributed by atoms with van der Waals surface area (Å²) in [5.41, 5.74) is 1.34. The number of Topliss-reactive ketones (excluding diaryl/α,β-unsaturated/α-hetero) is 1. The summed E-state index contributed by atoms with van der Waals surface area (Å²) >= 11 is 6.12. The van der Waals surface area contributed by atoms with Crippen LogP contribution in [0.1, 0.15) is 57.9 Å². The first-order valence-corrected chi connectivity index (χ1v) is 11.0. The molecule has 0 atom stereocenters. The smallest absolute Gasteiger partial charge is 0.224 e. The lowest BCUT2D eigenvalue weighted by atomic mass is 9.82. The molecule has 0 bridgehead atoms. The summed E-state index contributed by atoms with van der Waals surface area (Å²) in [5.74, 6) is 0.917. The number of nitrogens with one attached hydrogen (secondary N) is 2. The van der Waals surface area contributed by atoms with Gasteiger partial charge in [-0.2, -0.15) is 5.26 Å². The van der Waals surface area contributed by atoms with Gasteiger partial charge in [-0.15, -0.1) is 0 Å². The minimum atomic E-state index is -0.812. The van der Waals surface area contributed by atoms with Crippen LogP contribution < -0.4 is 5.32 Å². The molecule has 0 spiro atoms. The van der Waals surface area contributed by atoms with E-state index in [1.54, 1.807) is 18.5 Å². The van der Waals surface area contributed by atoms with Crippen molar-refractivity contribution in [2.45, 2.75) is 57.9 Å². The SMILES string of the molecule is CC(C)(Nc1ncc(C#N)c(-c2c[nH]c3ncc(Cl)cc23)n1)C(=O)CC1CCCCC1. The molecule has 0 unspecified atom stereocenters. The standard InChI is InChI=1S/C23H25ClN6O/c1-23(2,19(31)8-14-6-4-3-5-7-14)30-22-28-11-15(10-25)20(29-22)18-13-27-21-17(18)9-16(24)12-26-21/h9,11-14H,3-8H2,1-2H3,(H,26,27)(H,28,29,30). The van der Waals surface area contributed by atoms with Crippen molar-refractivity contribution in [2.75, 3.05) is 5.32 Å². The highest BCUT2D eigenvalue weighted by Gasteiger charge is 2.31. The number of fused-ring (bicyclic) bond motifs is 1. The maximum absolute atomic E-state index is 13.0. The Morgan fingerprint density at radius 3 is 2.81 bits per heavy atom. The number of anilines is 1. The molecule has 0 saturated heterocycles. The molecule has 3 aromatic heterocycles. The molecule has 1 fully saturated rings. The van der Waals surface area contributed by atoms with Gasteiger partial charge in [0, 0.05) is 29.8 Å². The van der Waals surface area contributed by atoms with E-state index in [9.17, 15) is 10.1 Å². The zero-order valence-corrected chi connectivity index (χ0v) is 18.5. The molecule has 0 amide bonds. The number of ketones is 1. The number of nitriles is 1. The lowest BCUT2D eigenvalue weighted by Gasteiger charge is -2.28. The van der Waals surface area contributed by atoms with E-state index in [2.05, 4.69) is 31.3 Å². The highest BCUT2D eigenvalue weighted by atomic mass is 35.5. The Morgan fingerprint density at radius 1 is 1.29 bits per heavy atom. The van der Waals surface area contributed by atoms with E-state index in [1.165, 1.54) is 25.5 Å². The summed E-state index contributed by atoms with van der Waals surface area (Å²) < 4.78 is 0. The van der Waals surface area contributed by atoms with Crippen LogP contribution in [0.3, 0.4) is 0 Å². The molecule has 1 aliphatic carbocycles. The molecule has 3 heterocycles. The molecule has 160 valence electrons. The lowest BCUT2D eigenvalue weighted by molar-refractivity contribution is -0.123. The van der Waals surface area contributed by atoms with Crippen molar-refractivity contribution in [3.63, 3.8) is 0 Å². The van der Waals surface area contributed by atoms with Crippen molar-refractivity contribution in [1.82, 2.24) is 19.9 Å². The number of pyridine rings is 1. The van der Waals surface area contributed by atoms with Crippen molar-refractivity contribution in [3.8, 4) is 17.3 Å². The van der Waals surface area contributed by atoms with Crippen LogP contribution in [0.25, 0.3) is 22.3 Å². The number of aromatic amines is 1. The second-order valence-electron chi connectivity index (χ2n) is 8.70. The number of hydrogen-bond acceptors (Lipinski definition) is 6. The van der Waals surface area contributed by atoms with Gasteiger partial charge in [-0.25, -0.2) is 15.0 Å². The van der Waals surface area contributed by atoms with Gasteiger partial charge in [-0.1, -0.05) is 43.7 Å². The first kappa shape index (κ1) is 21.3. The largest absolute Gasteiger partial charge is 0.345 e. The number of aromatic nitrogens is 4. The number of carbonyl (C=O) groups is 1. The molecule has 2 N–H and O–H groups in total. The Bertz CT molecular complexity index is 1160. The molecule has 0 aromatic carbocycles. The second kappa shape index (κ2) is 8.64. The minimum Gasteiger partial charge on any atom is -0.345 e. The van der Waals surface area contributed by atoms with E-state index in [0.717, 1.165) is 18.2 Å². The Morgan fingerprint density at radius 2 is 2.06 bits per heavy atom. The molecule has 7 nitrogen and oxygen atoms in total. The molecule has 1 saturated carbocycles. The average Bonchev–Trinajstić information content (AvgIpc) is 3.17. The van der Waals surface area contributed by atoms with Gasteiger partial charge >= 0.3 is 0 Å². The number of carbonyl (C=O) groups excluding carboxylic acids is 1. The van der Waals surface area contributed by atoms with Gasteiger partial charge < -0.3 is 10.3 Å². The molecule has 1 aliphatic rings. The third-order valence-electron chi connectivity index (χ3n) is 5.98. The van der Waals surface area contributed by atoms with E-state index in [4.69, 9.17) is 11.6 Å². The van der Waals surface area contributed by atoms with E-state index in [1.807, 2.05) is 13.8 Å². The van der Waals surface area contributed by atoms with E-state index < -0.39 is 5.54 Å². The Balaban J connectivity index is 1.62. The van der Waals surface area contributed by atoms with Crippen LogP contribution in [0.4, 0.5) is 5.95 Å². The molecule has 4 rings (SSSR count). The lowest BCUT2D eigenvalue weighted by Crippen LogP contribution is -2.41. The van der Waals surface area contributed by atoms with Crippen LogP contribution in [0, 0.1) is 17.2 Å². The van der Waals surface area contributed by atoms with Gasteiger partial charge in [0.2, 0.25) is 5.95 Å². The molecule has 0 aliphatic heterocycles. The number of H-pyrrole nitrogens is 1. The van der Waals surface area contributed by atoms with Gasteiger partial charge in [-0.05, 0) is 25.8 Å². The maximum atomic E-state index is 13.0. The van der Waals surface area contributed by atoms with E-state index in [0.29, 0.717) is 45.8 Å². The van der Waals surface area contributed by atoms with Crippen molar-refractivity contribution in [1.29, 1.82) is 5.26 Å². The van der Waals surface area contributed by atoms with Crippen molar-refractivity contribution >= 4 is 34.4 Å². The highest BCUT2D eigenvalue weighted by molar-refractivity contribution is 6.31. The van der Waals surface area contributed by atoms with Gasteiger partial charge in [0.05, 0.1) is 28.0 Å². The van der Waals surface area contributed by atoms with Crippen molar-refractivity contribution in [2.24, 2.45) is 5.92 Å². The second-order valence-corrected chi connectivity index (χ2v) is 9.14.